The molecule has 2 rings (SSSR count). The number of hydrogen-bond acceptors (Lipinski definition) is 6. The average Bonchev–Trinajstić information content (AvgIpc) is 3.05. The van der Waals surface area contributed by atoms with Crippen LogP contribution in [0, 0.1) is 5.82 Å². The fraction of sp³-hybridized carbons (Fsp3) is 0.381. The summed E-state index contributed by atoms with van der Waals surface area (Å²) in [6.07, 6.45) is -0.254. The van der Waals surface area contributed by atoms with Gasteiger partial charge in [0.2, 0.25) is 0 Å². The number of aliphatic carboxylic acids is 1. The van der Waals surface area contributed by atoms with E-state index in [1.54, 1.807) is 6.08 Å². The molecule has 0 unspecified atom stereocenters. The molecule has 162 valence electrons. The minimum atomic E-state index is -1.41. The maximum atomic E-state index is 13.4. The van der Waals surface area contributed by atoms with Crippen LogP contribution in [0.25, 0.3) is 11.8 Å². The molecule has 0 saturated heterocycles. The summed E-state index contributed by atoms with van der Waals surface area (Å²) in [5, 5.41) is 37.3. The summed E-state index contributed by atoms with van der Waals surface area (Å²) in [5.74, 6) is -2.33. The molecule has 2 atom stereocenters. The van der Waals surface area contributed by atoms with Gasteiger partial charge in [-0.2, -0.15) is 5.10 Å². The van der Waals surface area contributed by atoms with Gasteiger partial charge in [0.05, 0.1) is 23.6 Å². The Morgan fingerprint density at radius 1 is 1.26 bits per heavy atom. The molecule has 1 aromatic heterocycles. The Balaban J connectivity index is 0.00000480. The van der Waals surface area contributed by atoms with Gasteiger partial charge in [0, 0.05) is 31.4 Å². The van der Waals surface area contributed by atoms with Gasteiger partial charge >= 0.3 is 29.6 Å². The Morgan fingerprint density at radius 2 is 1.87 bits per heavy atom. The minimum Gasteiger partial charge on any atom is -0.550 e. The molecule has 1 aromatic carbocycles. The number of nitrogens with one attached hydrogen (secondary N) is 1. The maximum Gasteiger partial charge on any atom is 1.00 e. The number of benzene rings is 1. The van der Waals surface area contributed by atoms with Gasteiger partial charge in [-0.05, 0) is 36.3 Å². The van der Waals surface area contributed by atoms with Gasteiger partial charge in [0.1, 0.15) is 5.82 Å². The number of aliphatic hydroxyl groups excluding tert-OH is 2. The molecular weight excluding hydrogens is 416 g/mol. The van der Waals surface area contributed by atoms with Crippen molar-refractivity contribution in [1.82, 2.24) is 15.1 Å². The molecule has 2 aromatic rings. The van der Waals surface area contributed by atoms with Crippen LogP contribution in [0.2, 0.25) is 0 Å². The molecule has 10 heteroatoms. The Kier molecular flexibility index (Phi) is 10.5. The minimum absolute atomic E-state index is 0. The molecule has 0 bridgehead atoms. The van der Waals surface area contributed by atoms with Crippen molar-refractivity contribution < 1.29 is 58.9 Å². The van der Waals surface area contributed by atoms with E-state index in [1.807, 2.05) is 13.8 Å². The number of hydrogen-bond donors (Lipinski definition) is 3. The van der Waals surface area contributed by atoms with E-state index < -0.39 is 30.4 Å². The maximum absolute atomic E-state index is 13.4. The second kappa shape index (κ2) is 12.1. The number of aliphatic hydroxyl groups is 2. The third kappa shape index (κ3) is 7.26. The second-order valence-electron chi connectivity index (χ2n) is 7.16. The van der Waals surface area contributed by atoms with Crippen molar-refractivity contribution in [1.29, 1.82) is 0 Å². The fourth-order valence-corrected chi connectivity index (χ4v) is 3.07. The monoisotopic (exact) mass is 441 g/mol. The van der Waals surface area contributed by atoms with Crippen LogP contribution in [0.15, 0.2) is 30.3 Å². The largest absolute Gasteiger partial charge is 1.00 e. The SMILES string of the molecule is CNC(=O)c1nn(-c2ccc(F)cc2)c(C=C[C@H](O)C[C@@H](O)CC(=O)[O-])c1C(C)C.[Na+]. The van der Waals surface area contributed by atoms with Gasteiger partial charge in [-0.1, -0.05) is 19.9 Å². The predicted molar refractivity (Wildman–Crippen MR) is 106 cm³/mol. The molecule has 8 nitrogen and oxygen atoms in total. The summed E-state index contributed by atoms with van der Waals surface area (Å²) in [7, 11) is 1.49. The van der Waals surface area contributed by atoms with Gasteiger partial charge in [-0.25, -0.2) is 9.07 Å². The third-order valence-corrected chi connectivity index (χ3v) is 4.44. The molecule has 0 saturated carbocycles. The van der Waals surface area contributed by atoms with Crippen LogP contribution < -0.4 is 40.0 Å². The van der Waals surface area contributed by atoms with Crippen LogP contribution in [0.5, 0.6) is 0 Å². The van der Waals surface area contributed by atoms with E-state index in [4.69, 9.17) is 0 Å². The Hall–Kier alpha value is -2.04. The van der Waals surface area contributed by atoms with Crippen LogP contribution in [-0.4, -0.2) is 51.1 Å². The Morgan fingerprint density at radius 3 is 2.39 bits per heavy atom. The molecule has 0 radical (unpaired) electrons. The number of aromatic nitrogens is 2. The normalized spacial score (nSPS) is 13.1. The molecule has 0 aliphatic heterocycles. The van der Waals surface area contributed by atoms with Crippen molar-refractivity contribution >= 4 is 18.0 Å². The molecular formula is C21H25FN3NaO5. The molecule has 0 fully saturated rings. The number of carboxylic acids is 1. The van der Waals surface area contributed by atoms with Gasteiger partial charge < -0.3 is 25.4 Å². The van der Waals surface area contributed by atoms with Crippen molar-refractivity contribution in [3.8, 4) is 5.69 Å². The van der Waals surface area contributed by atoms with Crippen molar-refractivity contribution in [2.24, 2.45) is 0 Å². The number of rotatable bonds is 9. The van der Waals surface area contributed by atoms with E-state index in [2.05, 4.69) is 10.4 Å². The van der Waals surface area contributed by atoms with Crippen molar-refractivity contribution in [3.63, 3.8) is 0 Å². The first-order valence-electron chi connectivity index (χ1n) is 9.49. The van der Waals surface area contributed by atoms with Crippen LogP contribution in [0.3, 0.4) is 0 Å². The van der Waals surface area contributed by atoms with Gasteiger partial charge in [0.25, 0.3) is 5.91 Å². The molecule has 0 aliphatic carbocycles. The van der Waals surface area contributed by atoms with Crippen LogP contribution >= 0.6 is 0 Å². The van der Waals surface area contributed by atoms with Gasteiger partial charge in [-0.3, -0.25) is 4.79 Å². The fourth-order valence-electron chi connectivity index (χ4n) is 3.07. The number of halogens is 1. The van der Waals surface area contributed by atoms with Crippen LogP contribution in [-0.2, 0) is 4.79 Å². The number of carbonyl (C=O) groups is 2. The van der Waals surface area contributed by atoms with Crippen molar-refractivity contribution in [3.05, 3.63) is 53.1 Å². The summed E-state index contributed by atoms with van der Waals surface area (Å²) in [4.78, 5) is 22.9. The third-order valence-electron chi connectivity index (χ3n) is 4.44. The summed E-state index contributed by atoms with van der Waals surface area (Å²) in [6, 6.07) is 5.56. The number of carboxylic acid groups (broad SMARTS) is 1. The van der Waals surface area contributed by atoms with Crippen LogP contribution in [0.1, 0.15) is 54.4 Å². The average molecular weight is 441 g/mol. The van der Waals surface area contributed by atoms with Crippen molar-refractivity contribution in [2.75, 3.05) is 7.05 Å². The van der Waals surface area contributed by atoms with E-state index in [9.17, 15) is 29.3 Å². The van der Waals surface area contributed by atoms with Gasteiger partial charge in [0.15, 0.2) is 5.69 Å². The standard InChI is InChI=1S/C21H26FN3O5.Na/c1-12(2)19-17(9-8-15(26)10-16(27)11-18(28)29)25(24-20(19)21(30)23-3)14-6-4-13(22)5-7-14;/h4-9,12,15-16,26-27H,10-11H2,1-3H3,(H,23,30)(H,28,29);/q;+1/p-1/t15-,16+;/m0./s1. The van der Waals surface area contributed by atoms with Gasteiger partial charge in [-0.15, -0.1) is 0 Å². The molecule has 3 N–H and O–H groups in total. The van der Waals surface area contributed by atoms with E-state index in [0.29, 0.717) is 16.9 Å². The summed E-state index contributed by atoms with van der Waals surface area (Å²) in [5.41, 5.74) is 1.84. The number of nitrogens with zero attached hydrogens (tertiary/aromatic N) is 2. The smallest absolute Gasteiger partial charge is 0.550 e. The summed E-state index contributed by atoms with van der Waals surface area (Å²) in [6.45, 7) is 3.77. The first-order valence-corrected chi connectivity index (χ1v) is 9.49. The summed E-state index contributed by atoms with van der Waals surface area (Å²) >= 11 is 0. The molecule has 1 amide bonds. The number of carbonyl (C=O) groups excluding carboxylic acids is 2. The second-order valence-corrected chi connectivity index (χ2v) is 7.16. The molecule has 1 heterocycles. The first-order chi connectivity index (χ1) is 14.1. The van der Waals surface area contributed by atoms with Crippen molar-refractivity contribution in [2.45, 2.75) is 44.8 Å². The molecule has 0 spiro atoms. The topological polar surface area (TPSA) is 128 Å². The zero-order valence-corrected chi connectivity index (χ0v) is 20.0. The zero-order chi connectivity index (χ0) is 22.4. The van der Waals surface area contributed by atoms with Crippen LogP contribution in [0.4, 0.5) is 4.39 Å². The predicted octanol–water partition coefficient (Wildman–Crippen LogP) is -2.24. The Bertz CT molecular complexity index is 928. The molecule has 0 aliphatic rings. The number of amides is 1. The molecule has 31 heavy (non-hydrogen) atoms. The first kappa shape index (κ1) is 27.0. The van der Waals surface area contributed by atoms with E-state index in [-0.39, 0.29) is 53.5 Å². The summed E-state index contributed by atoms with van der Waals surface area (Å²) < 4.78 is 14.8. The van der Waals surface area contributed by atoms with E-state index in [1.165, 1.54) is 42.1 Å². The van der Waals surface area contributed by atoms with E-state index >= 15 is 0 Å². The Labute approximate surface area is 202 Å². The van der Waals surface area contributed by atoms with E-state index in [0.717, 1.165) is 0 Å². The zero-order valence-electron chi connectivity index (χ0n) is 18.0. The quantitative estimate of drug-likeness (QED) is 0.378.